The van der Waals surface area contributed by atoms with E-state index in [9.17, 15) is 5.11 Å². The van der Waals surface area contributed by atoms with Gasteiger partial charge in [-0.25, -0.2) is 0 Å². The van der Waals surface area contributed by atoms with Crippen LogP contribution in [0.25, 0.3) is 0 Å². The van der Waals surface area contributed by atoms with Crippen molar-refractivity contribution in [3.63, 3.8) is 0 Å². The molecule has 92 valence electrons. The van der Waals surface area contributed by atoms with Crippen LogP contribution in [-0.4, -0.2) is 10.1 Å². The van der Waals surface area contributed by atoms with Crippen LogP contribution >= 0.6 is 0 Å². The first-order chi connectivity index (χ1) is 8.33. The molecule has 1 unspecified atom stereocenters. The quantitative estimate of drug-likeness (QED) is 0.864. The molecule has 2 fully saturated rings. The van der Waals surface area contributed by atoms with E-state index in [-0.39, 0.29) is 11.5 Å². The minimum atomic E-state index is -0.347. The zero-order valence-corrected chi connectivity index (χ0v) is 10.3. The molecule has 2 aliphatic carbocycles. The Morgan fingerprint density at radius 1 is 1.18 bits per heavy atom. The lowest BCUT2D eigenvalue weighted by molar-refractivity contribution is -0.0825. The van der Waals surface area contributed by atoms with E-state index >= 15 is 0 Å². The number of hydrogen-bond acceptors (Lipinski definition) is 2. The molecule has 1 heterocycles. The van der Waals surface area contributed by atoms with Crippen molar-refractivity contribution in [2.24, 2.45) is 11.3 Å². The van der Waals surface area contributed by atoms with E-state index in [0.717, 1.165) is 11.6 Å². The summed E-state index contributed by atoms with van der Waals surface area (Å²) in [4.78, 5) is 4.35. The molecule has 0 amide bonds. The molecule has 2 saturated carbocycles. The van der Waals surface area contributed by atoms with Gasteiger partial charge in [0.2, 0.25) is 0 Å². The summed E-state index contributed by atoms with van der Waals surface area (Å²) in [7, 11) is 0. The predicted octanol–water partition coefficient (Wildman–Crippen LogP) is 3.48. The summed E-state index contributed by atoms with van der Waals surface area (Å²) in [5.74, 6) is 0.730. The average molecular weight is 231 g/mol. The zero-order valence-electron chi connectivity index (χ0n) is 10.3. The second-order valence-corrected chi connectivity index (χ2v) is 5.73. The average Bonchev–Trinajstić information content (AvgIpc) is 2.83. The second-order valence-electron chi connectivity index (χ2n) is 5.73. The van der Waals surface area contributed by atoms with Crippen LogP contribution in [0.3, 0.4) is 0 Å². The third-order valence-electron chi connectivity index (χ3n) is 4.97. The number of rotatable bonds is 3. The Hall–Kier alpha value is -0.890. The molecular weight excluding hydrogens is 210 g/mol. The van der Waals surface area contributed by atoms with Gasteiger partial charge in [0, 0.05) is 11.6 Å². The maximum Gasteiger partial charge on any atom is 0.102 e. The van der Waals surface area contributed by atoms with Crippen molar-refractivity contribution in [1.29, 1.82) is 0 Å². The van der Waals surface area contributed by atoms with Crippen LogP contribution in [0.2, 0.25) is 0 Å². The third-order valence-corrected chi connectivity index (χ3v) is 4.97. The van der Waals surface area contributed by atoms with Gasteiger partial charge in [-0.1, -0.05) is 25.3 Å². The van der Waals surface area contributed by atoms with E-state index in [0.29, 0.717) is 0 Å². The van der Waals surface area contributed by atoms with Crippen LogP contribution in [-0.2, 0) is 0 Å². The van der Waals surface area contributed by atoms with Crippen LogP contribution in [0.5, 0.6) is 0 Å². The molecule has 2 nitrogen and oxygen atoms in total. The van der Waals surface area contributed by atoms with E-state index < -0.39 is 0 Å². The van der Waals surface area contributed by atoms with E-state index in [1.165, 1.54) is 44.9 Å². The maximum absolute atomic E-state index is 10.7. The Kier molecular flexibility index (Phi) is 2.91. The van der Waals surface area contributed by atoms with Crippen molar-refractivity contribution in [3.05, 3.63) is 30.1 Å². The van der Waals surface area contributed by atoms with Crippen molar-refractivity contribution in [2.45, 2.75) is 51.0 Å². The summed E-state index contributed by atoms with van der Waals surface area (Å²) in [6, 6.07) is 5.87. The Morgan fingerprint density at radius 2 is 1.94 bits per heavy atom. The van der Waals surface area contributed by atoms with Gasteiger partial charge in [0.05, 0.1) is 5.69 Å². The summed E-state index contributed by atoms with van der Waals surface area (Å²) >= 11 is 0. The highest BCUT2D eigenvalue weighted by molar-refractivity contribution is 5.14. The molecule has 2 heteroatoms. The Balaban J connectivity index is 1.85. The fraction of sp³-hybridized carbons (Fsp3) is 0.667. The van der Waals surface area contributed by atoms with Crippen LogP contribution in [0.4, 0.5) is 0 Å². The molecule has 0 radical (unpaired) electrons. The van der Waals surface area contributed by atoms with Crippen molar-refractivity contribution < 1.29 is 5.11 Å². The van der Waals surface area contributed by atoms with Crippen LogP contribution in [0.15, 0.2) is 24.4 Å². The van der Waals surface area contributed by atoms with Gasteiger partial charge in [-0.05, 0) is 43.7 Å². The van der Waals surface area contributed by atoms with Crippen LogP contribution in [0, 0.1) is 11.3 Å². The predicted molar refractivity (Wildman–Crippen MR) is 67.4 cm³/mol. The molecule has 1 aromatic heterocycles. The summed E-state index contributed by atoms with van der Waals surface area (Å²) in [6.45, 7) is 0. The second kappa shape index (κ2) is 4.41. The van der Waals surface area contributed by atoms with Crippen molar-refractivity contribution in [3.8, 4) is 0 Å². The normalized spacial score (nSPS) is 25.5. The number of aliphatic hydroxyl groups is 1. The molecular formula is C15H21NO. The van der Waals surface area contributed by atoms with Crippen molar-refractivity contribution >= 4 is 0 Å². The monoisotopic (exact) mass is 231 g/mol. The maximum atomic E-state index is 10.7. The number of pyridine rings is 1. The molecule has 0 bridgehead atoms. The molecule has 17 heavy (non-hydrogen) atoms. The SMILES string of the molecule is OC(c1ccccn1)C1(C2CCCC2)CCC1. The standard InChI is InChI=1S/C15H21NO/c17-14(13-8-3-4-11-16-13)15(9-5-10-15)12-6-1-2-7-12/h3-4,8,11-12,14,17H,1-2,5-7,9-10H2. The molecule has 0 aromatic carbocycles. The first-order valence-corrected chi connectivity index (χ1v) is 6.92. The Morgan fingerprint density at radius 3 is 2.47 bits per heavy atom. The zero-order chi connectivity index (χ0) is 11.7. The van der Waals surface area contributed by atoms with Gasteiger partial charge in [0.25, 0.3) is 0 Å². The minimum Gasteiger partial charge on any atom is -0.386 e. The molecule has 0 aliphatic heterocycles. The Bertz CT molecular complexity index is 366. The third kappa shape index (κ3) is 1.79. The van der Waals surface area contributed by atoms with E-state index in [4.69, 9.17) is 0 Å². The highest BCUT2D eigenvalue weighted by Crippen LogP contribution is 2.59. The summed E-state index contributed by atoms with van der Waals surface area (Å²) in [6.07, 6.45) is 10.4. The lowest BCUT2D eigenvalue weighted by atomic mass is 9.57. The smallest absolute Gasteiger partial charge is 0.102 e. The van der Waals surface area contributed by atoms with Crippen LogP contribution in [0.1, 0.15) is 56.7 Å². The lowest BCUT2D eigenvalue weighted by Gasteiger charge is -2.49. The topological polar surface area (TPSA) is 33.1 Å². The molecule has 0 spiro atoms. The molecule has 0 saturated heterocycles. The molecule has 3 rings (SSSR count). The lowest BCUT2D eigenvalue weighted by Crippen LogP contribution is -2.42. The number of aromatic nitrogens is 1. The highest BCUT2D eigenvalue weighted by Gasteiger charge is 2.50. The molecule has 1 aromatic rings. The number of nitrogens with zero attached hydrogens (tertiary/aromatic N) is 1. The minimum absolute atomic E-state index is 0.158. The highest BCUT2D eigenvalue weighted by atomic mass is 16.3. The van der Waals surface area contributed by atoms with Gasteiger partial charge in [-0.3, -0.25) is 4.98 Å². The summed E-state index contributed by atoms with van der Waals surface area (Å²) < 4.78 is 0. The van der Waals surface area contributed by atoms with Gasteiger partial charge in [-0.2, -0.15) is 0 Å². The van der Waals surface area contributed by atoms with E-state index in [1.54, 1.807) is 6.20 Å². The van der Waals surface area contributed by atoms with E-state index in [1.807, 2.05) is 18.2 Å². The summed E-state index contributed by atoms with van der Waals surface area (Å²) in [5, 5.41) is 10.7. The van der Waals surface area contributed by atoms with Gasteiger partial charge in [0.1, 0.15) is 6.10 Å². The van der Waals surface area contributed by atoms with Gasteiger partial charge >= 0.3 is 0 Å². The molecule has 1 atom stereocenters. The Labute approximate surface area is 103 Å². The summed E-state index contributed by atoms with van der Waals surface area (Å²) in [5.41, 5.74) is 1.03. The molecule has 2 aliphatic rings. The fourth-order valence-corrected chi connectivity index (χ4v) is 3.82. The van der Waals surface area contributed by atoms with E-state index in [2.05, 4.69) is 4.98 Å². The van der Waals surface area contributed by atoms with Gasteiger partial charge in [-0.15, -0.1) is 0 Å². The number of aliphatic hydroxyl groups excluding tert-OH is 1. The number of hydrogen-bond donors (Lipinski definition) is 1. The van der Waals surface area contributed by atoms with Crippen LogP contribution < -0.4 is 0 Å². The first-order valence-electron chi connectivity index (χ1n) is 6.92. The van der Waals surface area contributed by atoms with Gasteiger partial charge in [0.15, 0.2) is 0 Å². The first kappa shape index (κ1) is 11.2. The van der Waals surface area contributed by atoms with Crippen molar-refractivity contribution in [2.75, 3.05) is 0 Å². The van der Waals surface area contributed by atoms with Crippen molar-refractivity contribution in [1.82, 2.24) is 4.98 Å². The fourth-order valence-electron chi connectivity index (χ4n) is 3.82. The molecule has 1 N–H and O–H groups in total. The largest absolute Gasteiger partial charge is 0.386 e. The van der Waals surface area contributed by atoms with Gasteiger partial charge < -0.3 is 5.11 Å².